The lowest BCUT2D eigenvalue weighted by molar-refractivity contribution is 0.0600. The van der Waals surface area contributed by atoms with E-state index in [-0.39, 0.29) is 0 Å². The zero-order valence-electron chi connectivity index (χ0n) is 8.50. The zero-order valence-corrected chi connectivity index (χ0v) is 8.50. The second kappa shape index (κ2) is 4.83. The standard InChI is InChI=1S/C12H9NO2/c1-9-10(6-4-8-13)5-3-7-11(9)12(14)15-2/h3,5,7H,1-2H3. The van der Waals surface area contributed by atoms with Gasteiger partial charge in [0.1, 0.15) is 0 Å². The van der Waals surface area contributed by atoms with Crippen molar-refractivity contribution < 1.29 is 9.53 Å². The van der Waals surface area contributed by atoms with E-state index in [9.17, 15) is 4.79 Å². The lowest BCUT2D eigenvalue weighted by Gasteiger charge is -2.04. The van der Waals surface area contributed by atoms with Crippen molar-refractivity contribution in [2.24, 2.45) is 0 Å². The summed E-state index contributed by atoms with van der Waals surface area (Å²) in [5.74, 6) is 4.56. The Bertz CT molecular complexity index is 487. The van der Waals surface area contributed by atoms with Crippen LogP contribution in [0.1, 0.15) is 21.5 Å². The first-order valence-corrected chi connectivity index (χ1v) is 4.28. The van der Waals surface area contributed by atoms with Gasteiger partial charge in [0, 0.05) is 11.5 Å². The van der Waals surface area contributed by atoms with E-state index >= 15 is 0 Å². The molecule has 0 atom stereocenters. The number of nitriles is 1. The summed E-state index contributed by atoms with van der Waals surface area (Å²) in [5.41, 5.74) is 1.87. The summed E-state index contributed by atoms with van der Waals surface area (Å²) in [6.07, 6.45) is 0. The molecule has 0 saturated heterocycles. The summed E-state index contributed by atoms with van der Waals surface area (Å²) in [4.78, 5) is 11.3. The number of methoxy groups -OCH3 is 1. The Morgan fingerprint density at radius 3 is 2.80 bits per heavy atom. The lowest BCUT2D eigenvalue weighted by Crippen LogP contribution is -2.04. The van der Waals surface area contributed by atoms with Crippen molar-refractivity contribution in [2.45, 2.75) is 6.92 Å². The maximum Gasteiger partial charge on any atom is 0.338 e. The van der Waals surface area contributed by atoms with Gasteiger partial charge in [0.25, 0.3) is 0 Å². The predicted octanol–water partition coefficient (Wildman–Crippen LogP) is 1.66. The maximum absolute atomic E-state index is 11.3. The quantitative estimate of drug-likeness (QED) is 0.510. The van der Waals surface area contributed by atoms with E-state index < -0.39 is 5.97 Å². The number of hydrogen-bond donors (Lipinski definition) is 0. The molecule has 0 N–H and O–H groups in total. The number of carbonyl (C=O) groups is 1. The van der Waals surface area contributed by atoms with Crippen molar-refractivity contribution in [1.82, 2.24) is 0 Å². The molecule has 0 radical (unpaired) electrons. The van der Waals surface area contributed by atoms with E-state index in [0.29, 0.717) is 11.1 Å². The van der Waals surface area contributed by atoms with Crippen LogP contribution in [0.25, 0.3) is 0 Å². The number of rotatable bonds is 1. The van der Waals surface area contributed by atoms with Crippen LogP contribution in [-0.4, -0.2) is 13.1 Å². The first-order chi connectivity index (χ1) is 7.20. The van der Waals surface area contributed by atoms with Crippen molar-refractivity contribution in [3.05, 3.63) is 34.9 Å². The highest BCUT2D eigenvalue weighted by molar-refractivity contribution is 5.91. The van der Waals surface area contributed by atoms with Crippen molar-refractivity contribution in [2.75, 3.05) is 7.11 Å². The van der Waals surface area contributed by atoms with Crippen LogP contribution in [0.15, 0.2) is 18.2 Å². The topological polar surface area (TPSA) is 50.1 Å². The van der Waals surface area contributed by atoms with Crippen molar-refractivity contribution in [3.8, 4) is 17.9 Å². The molecule has 0 spiro atoms. The predicted molar refractivity (Wildman–Crippen MR) is 55.0 cm³/mol. The van der Waals surface area contributed by atoms with E-state index in [1.807, 2.05) is 0 Å². The summed E-state index contributed by atoms with van der Waals surface area (Å²) in [7, 11) is 1.33. The Morgan fingerprint density at radius 2 is 2.20 bits per heavy atom. The summed E-state index contributed by atoms with van der Waals surface area (Å²) in [5, 5.41) is 8.33. The minimum Gasteiger partial charge on any atom is -0.465 e. The van der Waals surface area contributed by atoms with Crippen LogP contribution in [-0.2, 0) is 4.74 Å². The van der Waals surface area contributed by atoms with Gasteiger partial charge in [-0.15, -0.1) is 0 Å². The highest BCUT2D eigenvalue weighted by Crippen LogP contribution is 2.13. The molecule has 3 heteroatoms. The van der Waals surface area contributed by atoms with E-state index in [4.69, 9.17) is 5.26 Å². The molecule has 0 bridgehead atoms. The Balaban J connectivity index is 3.24. The molecule has 0 unspecified atom stereocenters. The Labute approximate surface area is 88.3 Å². The zero-order chi connectivity index (χ0) is 11.3. The molecule has 1 aromatic carbocycles. The molecule has 1 aromatic rings. The third-order valence-electron chi connectivity index (χ3n) is 1.99. The molecule has 0 aliphatic heterocycles. The molecule has 0 amide bonds. The van der Waals surface area contributed by atoms with Crippen LogP contribution in [0.2, 0.25) is 0 Å². The lowest BCUT2D eigenvalue weighted by atomic mass is 10.0. The average molecular weight is 199 g/mol. The fraction of sp³-hybridized carbons (Fsp3) is 0.167. The molecule has 0 aromatic heterocycles. The molecule has 74 valence electrons. The number of nitrogens with zero attached hydrogens (tertiary/aromatic N) is 1. The molecular weight excluding hydrogens is 190 g/mol. The first-order valence-electron chi connectivity index (χ1n) is 4.28. The van der Waals surface area contributed by atoms with Crippen LogP contribution < -0.4 is 0 Å². The number of esters is 1. The summed E-state index contributed by atoms with van der Waals surface area (Å²) in [6.45, 7) is 1.77. The van der Waals surface area contributed by atoms with Gasteiger partial charge in [0.15, 0.2) is 6.07 Å². The van der Waals surface area contributed by atoms with Gasteiger partial charge in [-0.3, -0.25) is 0 Å². The van der Waals surface area contributed by atoms with E-state index in [1.165, 1.54) is 7.11 Å². The highest BCUT2D eigenvalue weighted by atomic mass is 16.5. The molecule has 0 saturated carbocycles. The maximum atomic E-state index is 11.3. The van der Waals surface area contributed by atoms with Crippen LogP contribution in [0.3, 0.4) is 0 Å². The van der Waals surface area contributed by atoms with Gasteiger partial charge < -0.3 is 4.74 Å². The number of carbonyl (C=O) groups excluding carboxylic acids is 1. The molecule has 1 rings (SSSR count). The van der Waals surface area contributed by atoms with Gasteiger partial charge in [-0.25, -0.2) is 4.79 Å². The van der Waals surface area contributed by atoms with Gasteiger partial charge in [-0.2, -0.15) is 5.26 Å². The SMILES string of the molecule is COC(=O)c1cccc(C#CC#N)c1C. The molecule has 0 heterocycles. The molecule has 0 fully saturated rings. The van der Waals surface area contributed by atoms with E-state index in [2.05, 4.69) is 16.6 Å². The van der Waals surface area contributed by atoms with Crippen LogP contribution in [0.4, 0.5) is 0 Å². The van der Waals surface area contributed by atoms with Crippen molar-refractivity contribution in [3.63, 3.8) is 0 Å². The Morgan fingerprint density at radius 1 is 1.47 bits per heavy atom. The van der Waals surface area contributed by atoms with Gasteiger partial charge in [-0.05, 0) is 24.6 Å². The molecular formula is C12H9NO2. The molecule has 0 aliphatic carbocycles. The minimum absolute atomic E-state index is 0.395. The van der Waals surface area contributed by atoms with Crippen LogP contribution in [0.5, 0.6) is 0 Å². The van der Waals surface area contributed by atoms with Crippen molar-refractivity contribution >= 4 is 5.97 Å². The summed E-state index contributed by atoms with van der Waals surface area (Å²) in [6, 6.07) is 6.86. The summed E-state index contributed by atoms with van der Waals surface area (Å²) >= 11 is 0. The van der Waals surface area contributed by atoms with Gasteiger partial charge in [0.05, 0.1) is 12.7 Å². The van der Waals surface area contributed by atoms with Gasteiger partial charge in [0.2, 0.25) is 0 Å². The summed E-state index contributed by atoms with van der Waals surface area (Å²) < 4.78 is 4.62. The van der Waals surface area contributed by atoms with Gasteiger partial charge >= 0.3 is 5.97 Å². The minimum atomic E-state index is -0.395. The largest absolute Gasteiger partial charge is 0.465 e. The number of ether oxygens (including phenoxy) is 1. The molecule has 0 aliphatic rings. The second-order valence-corrected chi connectivity index (χ2v) is 2.83. The number of benzene rings is 1. The Hall–Kier alpha value is -2.26. The van der Waals surface area contributed by atoms with E-state index in [0.717, 1.165) is 5.56 Å². The smallest absolute Gasteiger partial charge is 0.338 e. The highest BCUT2D eigenvalue weighted by Gasteiger charge is 2.10. The fourth-order valence-corrected chi connectivity index (χ4v) is 1.20. The van der Waals surface area contributed by atoms with E-state index in [1.54, 1.807) is 31.2 Å². The van der Waals surface area contributed by atoms with Crippen molar-refractivity contribution in [1.29, 1.82) is 5.26 Å². The molecule has 15 heavy (non-hydrogen) atoms. The monoisotopic (exact) mass is 199 g/mol. The van der Waals surface area contributed by atoms with Crippen LogP contribution >= 0.6 is 0 Å². The third-order valence-corrected chi connectivity index (χ3v) is 1.99. The normalized spacial score (nSPS) is 8.33. The third kappa shape index (κ3) is 2.36. The fourth-order valence-electron chi connectivity index (χ4n) is 1.20. The van der Waals surface area contributed by atoms with Crippen LogP contribution in [0, 0.1) is 30.1 Å². The molecule has 3 nitrogen and oxygen atoms in total. The number of hydrogen-bond acceptors (Lipinski definition) is 3. The average Bonchev–Trinajstić information content (AvgIpc) is 2.27. The van der Waals surface area contributed by atoms with Gasteiger partial charge in [-0.1, -0.05) is 12.0 Å². The first kappa shape index (κ1) is 10.8. The second-order valence-electron chi connectivity index (χ2n) is 2.83. The Kier molecular flexibility index (Phi) is 3.49.